The highest BCUT2D eigenvalue weighted by molar-refractivity contribution is 5.93. The van der Waals surface area contributed by atoms with Gasteiger partial charge in [-0.2, -0.15) is 5.10 Å². The van der Waals surface area contributed by atoms with Gasteiger partial charge in [0.25, 0.3) is 5.69 Å². The molecule has 130 valence electrons. The summed E-state index contributed by atoms with van der Waals surface area (Å²) in [5.74, 6) is -0.289. The molecule has 0 aliphatic heterocycles. The summed E-state index contributed by atoms with van der Waals surface area (Å²) in [6.45, 7) is 1.96. The van der Waals surface area contributed by atoms with Crippen LogP contribution in [0.2, 0.25) is 0 Å². The Morgan fingerprint density at radius 2 is 1.96 bits per heavy atom. The lowest BCUT2D eigenvalue weighted by Gasteiger charge is -1.99. The molecule has 0 saturated heterocycles. The van der Waals surface area contributed by atoms with Crippen LogP contribution in [-0.4, -0.2) is 17.0 Å². The molecule has 2 aromatic carbocycles. The molecule has 1 aromatic heterocycles. The van der Waals surface area contributed by atoms with E-state index in [1.165, 1.54) is 24.4 Å². The fourth-order valence-electron chi connectivity index (χ4n) is 2.42. The summed E-state index contributed by atoms with van der Waals surface area (Å²) in [6.07, 6.45) is 1.52. The summed E-state index contributed by atoms with van der Waals surface area (Å²) in [5.41, 5.74) is 4.52. The molecule has 3 rings (SSSR count). The smallest absolute Gasteiger partial charge is 0.307 e. The standard InChI is InChI=1S/C19H15N3O4/c1-13-5-4-6-14(11-13)12-20-21-19(23)18-10-9-17(26-18)15-7-2-3-8-16(15)22(24)25/h2-12H,1H3,(H,21,23)/b20-12+. The van der Waals surface area contributed by atoms with Crippen LogP contribution in [0.4, 0.5) is 5.69 Å². The molecule has 7 heteroatoms. The summed E-state index contributed by atoms with van der Waals surface area (Å²) in [5, 5.41) is 15.0. The second-order valence-electron chi connectivity index (χ2n) is 5.55. The van der Waals surface area contributed by atoms with Crippen LogP contribution in [-0.2, 0) is 0 Å². The molecule has 0 saturated carbocycles. The van der Waals surface area contributed by atoms with Crippen molar-refractivity contribution in [2.45, 2.75) is 6.92 Å². The number of hydrazone groups is 1. The lowest BCUT2D eigenvalue weighted by atomic mass is 10.1. The summed E-state index contributed by atoms with van der Waals surface area (Å²) in [4.78, 5) is 22.7. The van der Waals surface area contributed by atoms with Crippen molar-refractivity contribution in [3.63, 3.8) is 0 Å². The Labute approximate surface area is 149 Å². The molecule has 0 radical (unpaired) electrons. The van der Waals surface area contributed by atoms with E-state index in [4.69, 9.17) is 4.42 Å². The summed E-state index contributed by atoms with van der Waals surface area (Å²) >= 11 is 0. The minimum Gasteiger partial charge on any atom is -0.451 e. The number of aryl methyl sites for hydroxylation is 1. The van der Waals surface area contributed by atoms with E-state index in [-0.39, 0.29) is 17.2 Å². The van der Waals surface area contributed by atoms with Gasteiger partial charge < -0.3 is 4.42 Å². The number of nitrogens with zero attached hydrogens (tertiary/aromatic N) is 2. The second kappa shape index (κ2) is 7.43. The summed E-state index contributed by atoms with van der Waals surface area (Å²) in [6, 6.07) is 16.8. The van der Waals surface area contributed by atoms with Gasteiger partial charge in [0.15, 0.2) is 5.76 Å². The van der Waals surface area contributed by atoms with Gasteiger partial charge in [0.1, 0.15) is 5.76 Å². The van der Waals surface area contributed by atoms with Crippen LogP contribution >= 0.6 is 0 Å². The predicted molar refractivity (Wildman–Crippen MR) is 97.0 cm³/mol. The lowest BCUT2D eigenvalue weighted by Crippen LogP contribution is -2.16. The van der Waals surface area contributed by atoms with E-state index in [0.29, 0.717) is 5.56 Å². The monoisotopic (exact) mass is 349 g/mol. The molecule has 26 heavy (non-hydrogen) atoms. The third kappa shape index (κ3) is 3.84. The van der Waals surface area contributed by atoms with E-state index in [0.717, 1.165) is 11.1 Å². The third-order valence-electron chi connectivity index (χ3n) is 3.62. The highest BCUT2D eigenvalue weighted by Gasteiger charge is 2.19. The van der Waals surface area contributed by atoms with Gasteiger partial charge in [-0.05, 0) is 30.7 Å². The molecule has 1 N–H and O–H groups in total. The number of rotatable bonds is 5. The van der Waals surface area contributed by atoms with Crippen LogP contribution in [0.5, 0.6) is 0 Å². The number of carbonyl (C=O) groups excluding carboxylic acids is 1. The zero-order valence-electron chi connectivity index (χ0n) is 13.9. The molecule has 0 unspecified atom stereocenters. The number of hydrogen-bond donors (Lipinski definition) is 1. The van der Waals surface area contributed by atoms with Crippen LogP contribution in [0.3, 0.4) is 0 Å². The highest BCUT2D eigenvalue weighted by atomic mass is 16.6. The van der Waals surface area contributed by atoms with Gasteiger partial charge in [-0.25, -0.2) is 5.43 Å². The van der Waals surface area contributed by atoms with E-state index in [1.807, 2.05) is 31.2 Å². The maximum atomic E-state index is 12.1. The number of hydrogen-bond acceptors (Lipinski definition) is 5. The molecule has 0 fully saturated rings. The fraction of sp³-hybridized carbons (Fsp3) is 0.0526. The molecule has 3 aromatic rings. The molecule has 0 aliphatic rings. The zero-order chi connectivity index (χ0) is 18.5. The van der Waals surface area contributed by atoms with Gasteiger partial charge in [0, 0.05) is 6.07 Å². The van der Waals surface area contributed by atoms with E-state index < -0.39 is 10.8 Å². The van der Waals surface area contributed by atoms with E-state index in [2.05, 4.69) is 10.5 Å². The molecular weight excluding hydrogens is 334 g/mol. The predicted octanol–water partition coefficient (Wildman–Crippen LogP) is 3.93. The zero-order valence-corrected chi connectivity index (χ0v) is 13.9. The van der Waals surface area contributed by atoms with E-state index in [9.17, 15) is 14.9 Å². The topological polar surface area (TPSA) is 97.7 Å². The average Bonchev–Trinajstić information content (AvgIpc) is 3.12. The Kier molecular flexibility index (Phi) is 4.89. The maximum absolute atomic E-state index is 12.1. The maximum Gasteiger partial charge on any atom is 0.307 e. The van der Waals surface area contributed by atoms with Gasteiger partial charge in [-0.1, -0.05) is 42.0 Å². The van der Waals surface area contributed by atoms with Crippen LogP contribution in [0.15, 0.2) is 70.2 Å². The van der Waals surface area contributed by atoms with E-state index >= 15 is 0 Å². The first-order valence-electron chi connectivity index (χ1n) is 7.78. The molecule has 1 amide bonds. The Morgan fingerprint density at radius 3 is 2.73 bits per heavy atom. The molecule has 1 heterocycles. The number of nitro groups is 1. The molecule has 0 atom stereocenters. The molecule has 0 aliphatic carbocycles. The van der Waals surface area contributed by atoms with E-state index in [1.54, 1.807) is 18.2 Å². The fourth-order valence-corrected chi connectivity index (χ4v) is 2.42. The molecule has 0 spiro atoms. The van der Waals surface area contributed by atoms with Crippen molar-refractivity contribution in [3.05, 3.63) is 87.7 Å². The second-order valence-corrected chi connectivity index (χ2v) is 5.55. The van der Waals surface area contributed by atoms with Crippen LogP contribution in [0.25, 0.3) is 11.3 Å². The Morgan fingerprint density at radius 1 is 1.15 bits per heavy atom. The number of furan rings is 1. The summed E-state index contributed by atoms with van der Waals surface area (Å²) < 4.78 is 5.45. The minimum atomic E-state index is -0.543. The average molecular weight is 349 g/mol. The highest BCUT2D eigenvalue weighted by Crippen LogP contribution is 2.30. The number of nitrogens with one attached hydrogen (secondary N) is 1. The number of para-hydroxylation sites is 1. The van der Waals surface area contributed by atoms with Crippen molar-refractivity contribution in [2.24, 2.45) is 5.10 Å². The normalized spacial score (nSPS) is 10.8. The molecular formula is C19H15N3O4. The Balaban J connectivity index is 1.74. The van der Waals surface area contributed by atoms with Gasteiger partial charge >= 0.3 is 5.91 Å². The van der Waals surface area contributed by atoms with Gasteiger partial charge in [-0.15, -0.1) is 0 Å². The van der Waals surface area contributed by atoms with Crippen molar-refractivity contribution in [1.82, 2.24) is 5.43 Å². The van der Waals surface area contributed by atoms with Crippen molar-refractivity contribution in [2.75, 3.05) is 0 Å². The number of benzene rings is 2. The Hall–Kier alpha value is -3.74. The first kappa shape index (κ1) is 17.1. The first-order valence-corrected chi connectivity index (χ1v) is 7.78. The molecule has 7 nitrogen and oxygen atoms in total. The summed E-state index contributed by atoms with van der Waals surface area (Å²) in [7, 11) is 0. The lowest BCUT2D eigenvalue weighted by molar-refractivity contribution is -0.384. The van der Waals surface area contributed by atoms with Gasteiger partial charge in [0.2, 0.25) is 0 Å². The van der Waals surface area contributed by atoms with Crippen molar-refractivity contribution < 1.29 is 14.1 Å². The largest absolute Gasteiger partial charge is 0.451 e. The van der Waals surface area contributed by atoms with Crippen molar-refractivity contribution in [1.29, 1.82) is 0 Å². The van der Waals surface area contributed by atoms with Gasteiger partial charge in [0.05, 0.1) is 16.7 Å². The molecule has 0 bridgehead atoms. The van der Waals surface area contributed by atoms with Gasteiger partial charge in [-0.3, -0.25) is 14.9 Å². The van der Waals surface area contributed by atoms with Crippen molar-refractivity contribution in [3.8, 4) is 11.3 Å². The quantitative estimate of drug-likeness (QED) is 0.429. The SMILES string of the molecule is Cc1cccc(/C=N/NC(=O)c2ccc(-c3ccccc3[N+](=O)[O-])o2)c1. The number of amides is 1. The van der Waals surface area contributed by atoms with Crippen molar-refractivity contribution >= 4 is 17.8 Å². The van der Waals surface area contributed by atoms with Crippen LogP contribution in [0, 0.1) is 17.0 Å². The Bertz CT molecular complexity index is 992. The number of nitro benzene ring substituents is 1. The van der Waals surface area contributed by atoms with Crippen LogP contribution in [0.1, 0.15) is 21.7 Å². The number of carbonyl (C=O) groups is 1. The first-order chi connectivity index (χ1) is 12.5. The van der Waals surface area contributed by atoms with Crippen LogP contribution < -0.4 is 5.43 Å². The minimum absolute atomic E-state index is 0.0135. The third-order valence-corrected chi connectivity index (χ3v) is 3.62.